The number of carbonyl (C=O) groups excluding carboxylic acids is 1. The van der Waals surface area contributed by atoms with Crippen LogP contribution in [0.4, 0.5) is 0 Å². The van der Waals surface area contributed by atoms with Crippen molar-refractivity contribution in [3.8, 4) is 0 Å². The molecule has 82 valence electrons. The van der Waals surface area contributed by atoms with Gasteiger partial charge in [0.25, 0.3) is 0 Å². The van der Waals surface area contributed by atoms with E-state index in [1.54, 1.807) is 6.92 Å². The highest BCUT2D eigenvalue weighted by Gasteiger charge is 2.29. The minimum absolute atomic E-state index is 0.197. The van der Waals surface area contributed by atoms with Gasteiger partial charge in [-0.05, 0) is 20.1 Å². The lowest BCUT2D eigenvalue weighted by atomic mass is 10.2. The normalized spacial score (nSPS) is 19.9. The molecule has 0 aromatic carbocycles. The predicted molar refractivity (Wildman–Crippen MR) is 61.4 cm³/mol. The van der Waals surface area contributed by atoms with Crippen LogP contribution in [0.1, 0.15) is 20.8 Å². The number of hydrogen-bond donors (Lipinski definition) is 0. The lowest BCUT2D eigenvalue weighted by molar-refractivity contribution is -0.130. The fourth-order valence-electron chi connectivity index (χ4n) is 1.69. The molecule has 3 nitrogen and oxygen atoms in total. The first kappa shape index (κ1) is 11.9. The fraction of sp³-hybridized carbons (Fsp3) is 0.900. The van der Waals surface area contributed by atoms with Crippen molar-refractivity contribution in [1.29, 1.82) is 0 Å². The molecule has 1 aliphatic rings. The summed E-state index contributed by atoms with van der Waals surface area (Å²) in [6.07, 6.45) is 2.14. The Kier molecular flexibility index (Phi) is 3.84. The highest BCUT2D eigenvalue weighted by Crippen LogP contribution is 2.26. The lowest BCUT2D eigenvalue weighted by Crippen LogP contribution is -2.54. The number of piperazine rings is 1. The third kappa shape index (κ3) is 2.64. The summed E-state index contributed by atoms with van der Waals surface area (Å²) in [5.41, 5.74) is 0. The molecule has 4 heteroatoms. The first-order valence-electron chi connectivity index (χ1n) is 5.03. The van der Waals surface area contributed by atoms with Gasteiger partial charge in [-0.15, -0.1) is 11.8 Å². The Labute approximate surface area is 90.8 Å². The van der Waals surface area contributed by atoms with E-state index in [0.717, 1.165) is 26.2 Å². The van der Waals surface area contributed by atoms with E-state index in [4.69, 9.17) is 0 Å². The fourth-order valence-corrected chi connectivity index (χ4v) is 2.13. The molecular weight excluding hydrogens is 196 g/mol. The van der Waals surface area contributed by atoms with E-state index < -0.39 is 0 Å². The minimum atomic E-state index is 0.197. The number of amides is 1. The van der Waals surface area contributed by atoms with E-state index in [1.807, 2.05) is 16.7 Å². The van der Waals surface area contributed by atoms with Crippen molar-refractivity contribution in [3.05, 3.63) is 0 Å². The lowest BCUT2D eigenvalue weighted by Gasteiger charge is -2.42. The van der Waals surface area contributed by atoms with E-state index in [-0.39, 0.29) is 10.8 Å². The van der Waals surface area contributed by atoms with Crippen LogP contribution in [0.2, 0.25) is 0 Å². The average Bonchev–Trinajstić information content (AvgIpc) is 2.18. The van der Waals surface area contributed by atoms with Gasteiger partial charge in [-0.3, -0.25) is 9.69 Å². The van der Waals surface area contributed by atoms with Crippen LogP contribution in [0, 0.1) is 0 Å². The summed E-state index contributed by atoms with van der Waals surface area (Å²) in [6, 6.07) is 0. The largest absolute Gasteiger partial charge is 0.340 e. The zero-order chi connectivity index (χ0) is 10.8. The zero-order valence-electron chi connectivity index (χ0n) is 9.54. The quantitative estimate of drug-likeness (QED) is 0.694. The van der Waals surface area contributed by atoms with Crippen LogP contribution in [0.15, 0.2) is 0 Å². The molecule has 14 heavy (non-hydrogen) atoms. The van der Waals surface area contributed by atoms with Crippen LogP contribution in [-0.2, 0) is 4.79 Å². The minimum Gasteiger partial charge on any atom is -0.340 e. The van der Waals surface area contributed by atoms with Crippen LogP contribution in [0.3, 0.4) is 0 Å². The van der Waals surface area contributed by atoms with Crippen LogP contribution < -0.4 is 0 Å². The molecule has 1 rings (SSSR count). The maximum atomic E-state index is 11.1. The number of nitrogens with zero attached hydrogens (tertiary/aromatic N) is 2. The van der Waals surface area contributed by atoms with Crippen molar-refractivity contribution in [1.82, 2.24) is 9.80 Å². The second-order valence-electron chi connectivity index (χ2n) is 4.14. The van der Waals surface area contributed by atoms with Gasteiger partial charge in [-0.25, -0.2) is 0 Å². The molecule has 0 N–H and O–H groups in total. The van der Waals surface area contributed by atoms with Gasteiger partial charge in [0.2, 0.25) is 5.91 Å². The van der Waals surface area contributed by atoms with E-state index in [1.165, 1.54) is 0 Å². The van der Waals surface area contributed by atoms with Crippen molar-refractivity contribution in [2.75, 3.05) is 32.4 Å². The zero-order valence-corrected chi connectivity index (χ0v) is 10.4. The molecule has 0 bridgehead atoms. The van der Waals surface area contributed by atoms with Gasteiger partial charge in [-0.1, -0.05) is 0 Å². The molecular formula is C10H20N2OS. The third-order valence-corrected chi connectivity index (χ3v) is 4.24. The summed E-state index contributed by atoms with van der Waals surface area (Å²) in [7, 11) is 0. The van der Waals surface area contributed by atoms with E-state index >= 15 is 0 Å². The predicted octanol–water partition coefficient (Wildman–Crippen LogP) is 1.25. The molecule has 0 radical (unpaired) electrons. The first-order valence-corrected chi connectivity index (χ1v) is 6.25. The van der Waals surface area contributed by atoms with Crippen molar-refractivity contribution >= 4 is 17.7 Å². The van der Waals surface area contributed by atoms with Crippen molar-refractivity contribution in [2.24, 2.45) is 0 Å². The standard InChI is InChI=1S/C10H20N2OS/c1-9(13)11-5-7-12(8-6-11)10(2,3)14-4/h5-8H2,1-4H3. The van der Waals surface area contributed by atoms with Gasteiger partial charge >= 0.3 is 0 Å². The highest BCUT2D eigenvalue weighted by molar-refractivity contribution is 7.99. The Balaban J connectivity index is 2.47. The number of carbonyl (C=O) groups is 1. The Bertz CT molecular complexity index is 210. The molecule has 0 unspecified atom stereocenters. The van der Waals surface area contributed by atoms with Gasteiger partial charge in [0.15, 0.2) is 0 Å². The second-order valence-corrected chi connectivity index (χ2v) is 5.55. The maximum absolute atomic E-state index is 11.1. The molecule has 0 aliphatic carbocycles. The van der Waals surface area contributed by atoms with Crippen molar-refractivity contribution in [2.45, 2.75) is 25.6 Å². The molecule has 0 saturated carbocycles. The van der Waals surface area contributed by atoms with Gasteiger partial charge in [0.05, 0.1) is 4.87 Å². The molecule has 0 atom stereocenters. The number of rotatable bonds is 2. The topological polar surface area (TPSA) is 23.6 Å². The van der Waals surface area contributed by atoms with Crippen LogP contribution >= 0.6 is 11.8 Å². The molecule has 1 aliphatic heterocycles. The van der Waals surface area contributed by atoms with Crippen molar-refractivity contribution < 1.29 is 4.79 Å². The SMILES string of the molecule is CSC(C)(C)N1CCN(C(C)=O)CC1. The van der Waals surface area contributed by atoms with E-state index in [2.05, 4.69) is 25.0 Å². The molecule has 0 aromatic rings. The molecule has 1 fully saturated rings. The summed E-state index contributed by atoms with van der Waals surface area (Å²) < 4.78 is 0. The Morgan fingerprint density at radius 3 is 2.07 bits per heavy atom. The molecule has 1 heterocycles. The third-order valence-electron chi connectivity index (χ3n) is 2.99. The summed E-state index contributed by atoms with van der Waals surface area (Å²) in [6.45, 7) is 9.86. The van der Waals surface area contributed by atoms with Gasteiger partial charge < -0.3 is 4.90 Å². The smallest absolute Gasteiger partial charge is 0.219 e. The van der Waals surface area contributed by atoms with Gasteiger partial charge in [0.1, 0.15) is 0 Å². The highest BCUT2D eigenvalue weighted by atomic mass is 32.2. The molecule has 1 saturated heterocycles. The van der Waals surface area contributed by atoms with Crippen LogP contribution in [0.5, 0.6) is 0 Å². The summed E-state index contributed by atoms with van der Waals surface area (Å²) in [5.74, 6) is 0.201. The Morgan fingerprint density at radius 1 is 1.21 bits per heavy atom. The molecule has 0 aromatic heterocycles. The van der Waals surface area contributed by atoms with Gasteiger partial charge in [0, 0.05) is 33.1 Å². The Morgan fingerprint density at radius 2 is 1.71 bits per heavy atom. The van der Waals surface area contributed by atoms with Crippen LogP contribution in [0.25, 0.3) is 0 Å². The monoisotopic (exact) mass is 216 g/mol. The molecule has 0 spiro atoms. The number of thioether (sulfide) groups is 1. The van der Waals surface area contributed by atoms with Gasteiger partial charge in [-0.2, -0.15) is 0 Å². The first-order chi connectivity index (χ1) is 6.47. The Hall–Kier alpha value is -0.220. The summed E-state index contributed by atoms with van der Waals surface area (Å²) >= 11 is 1.87. The average molecular weight is 216 g/mol. The maximum Gasteiger partial charge on any atom is 0.219 e. The summed E-state index contributed by atoms with van der Waals surface area (Å²) in [5, 5.41) is 0. The van der Waals surface area contributed by atoms with Crippen molar-refractivity contribution in [3.63, 3.8) is 0 Å². The van der Waals surface area contributed by atoms with Crippen LogP contribution in [-0.4, -0.2) is 53.0 Å². The summed E-state index contributed by atoms with van der Waals surface area (Å²) in [4.78, 5) is 15.7. The second kappa shape index (κ2) is 4.53. The molecule has 1 amide bonds. The van der Waals surface area contributed by atoms with E-state index in [9.17, 15) is 4.79 Å². The van der Waals surface area contributed by atoms with E-state index in [0.29, 0.717) is 0 Å². The number of hydrogen-bond acceptors (Lipinski definition) is 3.